The van der Waals surface area contributed by atoms with E-state index in [-0.39, 0.29) is 24.9 Å². The first kappa shape index (κ1) is 32.6. The molecule has 2 heterocycles. The smallest absolute Gasteiger partial charge is 0.411 e. The van der Waals surface area contributed by atoms with E-state index in [9.17, 15) is 18.8 Å². The largest absolute Gasteiger partial charge is 0.444 e. The van der Waals surface area contributed by atoms with Crippen molar-refractivity contribution in [3.05, 3.63) is 35.9 Å². The standard InChI is InChI=1S/C32H49FN4O4S/c1-32(2,3)41-31(40)37-20-25(33)18-28(37)30(39)35-27(22-42-21-24-12-8-5-9-13-24)29(38)34-26-14-16-36(17-15-26)19-23-10-6-4-7-11-23/h4,6-7,10-11,24-28H,5,8-9,12-22H2,1-3H3,(H,34,38)(H,35,39)/t25-,27-,28-/m0/s1. The summed E-state index contributed by atoms with van der Waals surface area (Å²) in [6.07, 6.45) is 5.76. The van der Waals surface area contributed by atoms with E-state index in [0.29, 0.717) is 11.7 Å². The zero-order chi connectivity index (χ0) is 30.1. The van der Waals surface area contributed by atoms with Crippen LogP contribution in [0.4, 0.5) is 9.18 Å². The number of ether oxygens (including phenoxy) is 1. The monoisotopic (exact) mass is 604 g/mol. The predicted molar refractivity (Wildman–Crippen MR) is 165 cm³/mol. The number of nitrogens with one attached hydrogen (secondary N) is 2. The Morgan fingerprint density at radius 1 is 1.05 bits per heavy atom. The minimum absolute atomic E-state index is 0.0345. The summed E-state index contributed by atoms with van der Waals surface area (Å²) in [4.78, 5) is 43.3. The first-order chi connectivity index (χ1) is 20.1. The fraction of sp³-hybridized carbons (Fsp3) is 0.719. The summed E-state index contributed by atoms with van der Waals surface area (Å²) >= 11 is 1.70. The van der Waals surface area contributed by atoms with E-state index in [1.165, 1.54) is 37.7 Å². The highest BCUT2D eigenvalue weighted by molar-refractivity contribution is 7.99. The maximum absolute atomic E-state index is 14.4. The van der Waals surface area contributed by atoms with Crippen LogP contribution in [0.1, 0.15) is 77.7 Å². The summed E-state index contributed by atoms with van der Waals surface area (Å²) in [5.41, 5.74) is 0.516. The van der Waals surface area contributed by atoms with Gasteiger partial charge < -0.3 is 15.4 Å². The Labute approximate surface area is 254 Å². The highest BCUT2D eigenvalue weighted by Gasteiger charge is 2.42. The van der Waals surface area contributed by atoms with E-state index in [4.69, 9.17) is 4.74 Å². The number of carbonyl (C=O) groups excluding carboxylic acids is 3. The van der Waals surface area contributed by atoms with Crippen LogP contribution in [-0.4, -0.2) is 88.7 Å². The molecule has 2 saturated heterocycles. The maximum Gasteiger partial charge on any atom is 0.411 e. The predicted octanol–water partition coefficient (Wildman–Crippen LogP) is 4.91. The summed E-state index contributed by atoms with van der Waals surface area (Å²) < 4.78 is 19.9. The Hall–Kier alpha value is -2.33. The number of carbonyl (C=O) groups is 3. The number of amides is 3. The van der Waals surface area contributed by atoms with Crippen LogP contribution in [0.2, 0.25) is 0 Å². The van der Waals surface area contributed by atoms with Crippen LogP contribution in [-0.2, 0) is 20.9 Å². The zero-order valence-electron chi connectivity index (χ0n) is 25.5. The second-order valence-corrected chi connectivity index (χ2v) is 14.2. The summed E-state index contributed by atoms with van der Waals surface area (Å²) in [6, 6.07) is 8.65. The minimum Gasteiger partial charge on any atom is -0.444 e. The second-order valence-electron chi connectivity index (χ2n) is 13.1. The zero-order valence-corrected chi connectivity index (χ0v) is 26.3. The van der Waals surface area contributed by atoms with Gasteiger partial charge in [-0.3, -0.25) is 19.4 Å². The van der Waals surface area contributed by atoms with E-state index in [0.717, 1.165) is 43.1 Å². The average Bonchev–Trinajstić information content (AvgIpc) is 3.36. The molecule has 1 aromatic rings. The van der Waals surface area contributed by atoms with Crippen LogP contribution >= 0.6 is 11.8 Å². The quantitative estimate of drug-likeness (QED) is 0.394. The lowest BCUT2D eigenvalue weighted by molar-refractivity contribution is -0.131. The molecule has 0 aromatic heterocycles. The number of rotatable bonds is 10. The van der Waals surface area contributed by atoms with Gasteiger partial charge >= 0.3 is 6.09 Å². The summed E-state index contributed by atoms with van der Waals surface area (Å²) in [7, 11) is 0. The summed E-state index contributed by atoms with van der Waals surface area (Å²) in [5, 5.41) is 6.09. The highest BCUT2D eigenvalue weighted by atomic mass is 32.2. The van der Waals surface area contributed by atoms with Gasteiger partial charge in [0, 0.05) is 37.8 Å². The van der Waals surface area contributed by atoms with Crippen LogP contribution in [0.3, 0.4) is 0 Å². The Morgan fingerprint density at radius 3 is 2.40 bits per heavy atom. The Kier molecular flexibility index (Phi) is 12.0. The third-order valence-electron chi connectivity index (χ3n) is 8.36. The third kappa shape index (κ3) is 10.1. The van der Waals surface area contributed by atoms with Crippen LogP contribution in [0, 0.1) is 5.92 Å². The number of benzene rings is 1. The van der Waals surface area contributed by atoms with Gasteiger partial charge in [-0.05, 0) is 63.7 Å². The van der Waals surface area contributed by atoms with Crippen molar-refractivity contribution in [2.45, 2.75) is 109 Å². The number of likely N-dealkylation sites (tertiary alicyclic amines) is 2. The lowest BCUT2D eigenvalue weighted by atomic mass is 9.91. The maximum atomic E-state index is 14.4. The SMILES string of the molecule is CC(C)(C)OC(=O)N1C[C@@H](F)C[C@H]1C(=O)N[C@@H](CSCC1CCCCC1)C(=O)NC1CCN(Cc2ccccc2)CC1. The Balaban J connectivity index is 1.34. The highest BCUT2D eigenvalue weighted by Crippen LogP contribution is 2.28. The molecule has 42 heavy (non-hydrogen) atoms. The minimum atomic E-state index is -1.32. The van der Waals surface area contributed by atoms with Gasteiger partial charge in [0.25, 0.3) is 0 Å². The molecule has 234 valence electrons. The van der Waals surface area contributed by atoms with Crippen molar-refractivity contribution >= 4 is 29.7 Å². The number of piperidine rings is 1. The molecule has 1 saturated carbocycles. The molecule has 4 rings (SSSR count). The van der Waals surface area contributed by atoms with Gasteiger partial charge in [0.2, 0.25) is 11.8 Å². The molecule has 0 spiro atoms. The fourth-order valence-corrected chi connectivity index (χ4v) is 7.36. The van der Waals surface area contributed by atoms with Crippen molar-refractivity contribution in [1.82, 2.24) is 20.4 Å². The molecule has 0 radical (unpaired) electrons. The topological polar surface area (TPSA) is 91.0 Å². The van der Waals surface area contributed by atoms with Gasteiger partial charge in [-0.2, -0.15) is 11.8 Å². The molecule has 1 aliphatic carbocycles. The van der Waals surface area contributed by atoms with E-state index in [1.54, 1.807) is 32.5 Å². The van der Waals surface area contributed by atoms with E-state index in [1.807, 2.05) is 6.07 Å². The Morgan fingerprint density at radius 2 is 1.74 bits per heavy atom. The molecular formula is C32H49FN4O4S. The van der Waals surface area contributed by atoms with Crippen molar-refractivity contribution in [3.63, 3.8) is 0 Å². The van der Waals surface area contributed by atoms with Crippen LogP contribution in [0.5, 0.6) is 0 Å². The van der Waals surface area contributed by atoms with Gasteiger partial charge in [0.05, 0.1) is 6.54 Å². The molecule has 3 amide bonds. The van der Waals surface area contributed by atoms with Crippen LogP contribution in [0.25, 0.3) is 0 Å². The molecule has 2 aliphatic heterocycles. The van der Waals surface area contributed by atoms with Crippen molar-refractivity contribution in [1.29, 1.82) is 0 Å². The lowest BCUT2D eigenvalue weighted by Crippen LogP contribution is -2.56. The average molecular weight is 605 g/mol. The number of hydrogen-bond acceptors (Lipinski definition) is 6. The first-order valence-corrected chi connectivity index (χ1v) is 16.8. The van der Waals surface area contributed by atoms with Gasteiger partial charge in [0.1, 0.15) is 23.9 Å². The van der Waals surface area contributed by atoms with Gasteiger partial charge in [0.15, 0.2) is 0 Å². The van der Waals surface area contributed by atoms with E-state index in [2.05, 4.69) is 39.8 Å². The van der Waals surface area contributed by atoms with Crippen molar-refractivity contribution in [2.75, 3.05) is 31.1 Å². The van der Waals surface area contributed by atoms with Crippen molar-refractivity contribution in [3.8, 4) is 0 Å². The number of thioether (sulfide) groups is 1. The van der Waals surface area contributed by atoms with Gasteiger partial charge in [-0.25, -0.2) is 9.18 Å². The number of hydrogen-bond donors (Lipinski definition) is 2. The molecule has 0 unspecified atom stereocenters. The molecule has 0 bridgehead atoms. The molecule has 3 atom stereocenters. The molecule has 10 heteroatoms. The Bertz CT molecular complexity index is 1030. The van der Waals surface area contributed by atoms with E-state index >= 15 is 0 Å². The number of halogens is 1. The molecule has 3 aliphatic rings. The fourth-order valence-electron chi connectivity index (χ4n) is 6.09. The van der Waals surface area contributed by atoms with Gasteiger partial charge in [-0.1, -0.05) is 49.6 Å². The molecule has 2 N–H and O–H groups in total. The van der Waals surface area contributed by atoms with Crippen LogP contribution < -0.4 is 10.6 Å². The van der Waals surface area contributed by atoms with Crippen LogP contribution in [0.15, 0.2) is 30.3 Å². The second kappa shape index (κ2) is 15.4. The van der Waals surface area contributed by atoms with Crippen molar-refractivity contribution in [2.24, 2.45) is 5.92 Å². The first-order valence-electron chi connectivity index (χ1n) is 15.7. The molecule has 1 aromatic carbocycles. The van der Waals surface area contributed by atoms with Crippen molar-refractivity contribution < 1.29 is 23.5 Å². The summed E-state index contributed by atoms with van der Waals surface area (Å²) in [5.74, 6) is 1.33. The molecule has 8 nitrogen and oxygen atoms in total. The normalized spacial score (nSPS) is 23.4. The van der Waals surface area contributed by atoms with E-state index < -0.39 is 35.9 Å². The number of nitrogens with zero attached hydrogens (tertiary/aromatic N) is 2. The number of alkyl halides is 1. The third-order valence-corrected chi connectivity index (χ3v) is 9.64. The molecular weight excluding hydrogens is 555 g/mol. The molecule has 3 fully saturated rings. The van der Waals surface area contributed by atoms with Gasteiger partial charge in [-0.15, -0.1) is 0 Å². The summed E-state index contributed by atoms with van der Waals surface area (Å²) in [6.45, 7) is 7.68. The lowest BCUT2D eigenvalue weighted by Gasteiger charge is -2.33.